The molecule has 0 fully saturated rings. The van der Waals surface area contributed by atoms with Gasteiger partial charge in [0.15, 0.2) is 15.6 Å². The first-order chi connectivity index (χ1) is 20.0. The largest absolute Gasteiger partial charge is 0.324 e. The van der Waals surface area contributed by atoms with E-state index in [1.165, 1.54) is 23.1 Å². The Morgan fingerprint density at radius 1 is 1.02 bits per heavy atom. The molecular weight excluding hydrogens is 599 g/mol. The number of nitrogens with one attached hydrogen (secondary N) is 1. The van der Waals surface area contributed by atoms with E-state index in [0.29, 0.717) is 27.4 Å². The zero-order valence-corrected chi connectivity index (χ0v) is 24.6. The lowest BCUT2D eigenvalue weighted by atomic mass is 9.99. The lowest BCUT2D eigenvalue weighted by molar-refractivity contribution is -0.122. The Morgan fingerprint density at radius 2 is 1.83 bits per heavy atom. The van der Waals surface area contributed by atoms with E-state index in [0.717, 1.165) is 12.5 Å². The van der Waals surface area contributed by atoms with Gasteiger partial charge in [0, 0.05) is 54.3 Å². The van der Waals surface area contributed by atoms with Crippen LogP contribution in [0.5, 0.6) is 0 Å². The molecule has 0 spiro atoms. The fourth-order valence-electron chi connectivity index (χ4n) is 4.71. The zero-order valence-electron chi connectivity index (χ0n) is 22.3. The van der Waals surface area contributed by atoms with Gasteiger partial charge in [-0.2, -0.15) is 0 Å². The minimum atomic E-state index is -3.43. The number of ketones is 1. The summed E-state index contributed by atoms with van der Waals surface area (Å²) in [5.41, 5.74) is 2.39. The van der Waals surface area contributed by atoms with Crippen LogP contribution in [0.4, 0.5) is 5.82 Å². The minimum absolute atomic E-state index is 0.0245. The number of hydrogen-bond donors (Lipinski definition) is 1. The third-order valence-corrected chi connectivity index (χ3v) is 8.48. The number of nitrogens with zero attached hydrogens (tertiary/aromatic N) is 3. The number of carbonyl (C=O) groups is 3. The normalized spacial score (nSPS) is 15.2. The van der Waals surface area contributed by atoms with Crippen LogP contribution in [0.3, 0.4) is 0 Å². The number of carbonyl (C=O) groups excluding carboxylic acids is 3. The standard InChI is InChI=1S/C30H24Cl2N4O5S/c1-42(40,41)22-7-10-28(34-16-22)35-29(38)24-8-5-18(12-25(24)32)17-36-26(15-21-4-2-3-11-33-21)27(37)14-19-13-20(31)6-9-23(19)30(36)39/h2-13,16,26H,14-15,17H2,1H3,(H,34,35,38)/t26-/m1/s1. The molecular formula is C30H24Cl2N4O5S. The van der Waals surface area contributed by atoms with Gasteiger partial charge < -0.3 is 10.2 Å². The van der Waals surface area contributed by atoms with E-state index in [1.54, 1.807) is 48.7 Å². The third kappa shape index (κ3) is 6.51. The van der Waals surface area contributed by atoms with Crippen molar-refractivity contribution >= 4 is 56.5 Å². The molecule has 1 aliphatic rings. The van der Waals surface area contributed by atoms with Crippen LogP contribution in [0.2, 0.25) is 10.0 Å². The Balaban J connectivity index is 1.41. The second kappa shape index (κ2) is 12.0. The van der Waals surface area contributed by atoms with Gasteiger partial charge in [-0.1, -0.05) is 35.3 Å². The number of fused-ring (bicyclic) bond motifs is 1. The highest BCUT2D eigenvalue weighted by atomic mass is 35.5. The lowest BCUT2D eigenvalue weighted by Gasteiger charge is -2.29. The molecule has 4 aromatic rings. The number of rotatable bonds is 7. The van der Waals surface area contributed by atoms with Gasteiger partial charge in [-0.15, -0.1) is 0 Å². The van der Waals surface area contributed by atoms with E-state index in [-0.39, 0.29) is 52.4 Å². The number of hydrogen-bond acceptors (Lipinski definition) is 7. The number of anilines is 1. The molecule has 0 unspecified atom stereocenters. The summed E-state index contributed by atoms with van der Waals surface area (Å²) in [5.74, 6) is -0.870. The van der Waals surface area contributed by atoms with E-state index in [1.807, 2.05) is 6.07 Å². The van der Waals surface area contributed by atoms with Crippen LogP contribution in [-0.2, 0) is 34.0 Å². The molecule has 1 N–H and O–H groups in total. The van der Waals surface area contributed by atoms with Crippen molar-refractivity contribution in [3.63, 3.8) is 0 Å². The first kappa shape index (κ1) is 29.4. The molecule has 42 heavy (non-hydrogen) atoms. The maximum Gasteiger partial charge on any atom is 0.258 e. The summed E-state index contributed by atoms with van der Waals surface area (Å²) in [4.78, 5) is 50.1. The van der Waals surface area contributed by atoms with Gasteiger partial charge >= 0.3 is 0 Å². The van der Waals surface area contributed by atoms with Crippen molar-refractivity contribution in [1.29, 1.82) is 0 Å². The molecule has 0 bridgehead atoms. The quantitative estimate of drug-likeness (QED) is 0.313. The molecule has 9 nitrogen and oxygen atoms in total. The second-order valence-corrected chi connectivity index (χ2v) is 12.7. The molecule has 2 aromatic carbocycles. The predicted octanol–water partition coefficient (Wildman–Crippen LogP) is 4.82. The summed E-state index contributed by atoms with van der Waals surface area (Å²) in [7, 11) is -3.43. The summed E-state index contributed by atoms with van der Waals surface area (Å²) in [6, 6.07) is 17.0. The number of amides is 2. The van der Waals surface area contributed by atoms with E-state index in [2.05, 4.69) is 15.3 Å². The van der Waals surface area contributed by atoms with Crippen molar-refractivity contribution in [2.75, 3.05) is 11.6 Å². The van der Waals surface area contributed by atoms with Gasteiger partial charge in [-0.05, 0) is 65.7 Å². The van der Waals surface area contributed by atoms with Crippen LogP contribution in [0.1, 0.15) is 37.5 Å². The Labute approximate surface area is 252 Å². The molecule has 0 saturated carbocycles. The average molecular weight is 624 g/mol. The van der Waals surface area contributed by atoms with Crippen LogP contribution >= 0.6 is 23.2 Å². The van der Waals surface area contributed by atoms with Gasteiger partial charge in [0.1, 0.15) is 5.82 Å². The molecule has 12 heteroatoms. The van der Waals surface area contributed by atoms with Crippen molar-refractivity contribution in [3.05, 3.63) is 117 Å². The Bertz CT molecular complexity index is 1800. The third-order valence-electron chi connectivity index (χ3n) is 6.84. The fraction of sp³-hybridized carbons (Fsp3) is 0.167. The highest BCUT2D eigenvalue weighted by Crippen LogP contribution is 2.28. The van der Waals surface area contributed by atoms with Crippen LogP contribution in [0.25, 0.3) is 0 Å². The Kier molecular flexibility index (Phi) is 8.40. The van der Waals surface area contributed by atoms with E-state index in [9.17, 15) is 22.8 Å². The van der Waals surface area contributed by atoms with Crippen molar-refractivity contribution in [1.82, 2.24) is 14.9 Å². The average Bonchev–Trinajstić information content (AvgIpc) is 3.03. The van der Waals surface area contributed by atoms with Crippen LogP contribution in [0, 0.1) is 0 Å². The topological polar surface area (TPSA) is 126 Å². The Hall–Kier alpha value is -4.12. The monoisotopic (exact) mass is 622 g/mol. The highest BCUT2D eigenvalue weighted by molar-refractivity contribution is 7.90. The summed E-state index contributed by atoms with van der Waals surface area (Å²) in [6.07, 6.45) is 4.13. The molecule has 3 heterocycles. The lowest BCUT2D eigenvalue weighted by Crippen LogP contribution is -2.45. The maximum absolute atomic E-state index is 13.8. The molecule has 1 atom stereocenters. The van der Waals surface area contributed by atoms with Gasteiger partial charge in [0.2, 0.25) is 0 Å². The molecule has 1 aliphatic heterocycles. The molecule has 2 aromatic heterocycles. The SMILES string of the molecule is CS(=O)(=O)c1ccc(NC(=O)c2ccc(CN3C(=O)c4ccc(Cl)cc4CC(=O)[C@H]3Cc3ccccn3)cc2Cl)nc1. The van der Waals surface area contributed by atoms with Gasteiger partial charge in [0.05, 0.1) is 21.5 Å². The Morgan fingerprint density at radius 3 is 2.50 bits per heavy atom. The molecule has 0 saturated heterocycles. The molecule has 0 aliphatic carbocycles. The summed E-state index contributed by atoms with van der Waals surface area (Å²) in [6.45, 7) is 0.0558. The number of aromatic nitrogens is 2. The van der Waals surface area contributed by atoms with Gasteiger partial charge in [0.25, 0.3) is 11.8 Å². The van der Waals surface area contributed by atoms with Gasteiger partial charge in [-0.25, -0.2) is 13.4 Å². The maximum atomic E-state index is 13.8. The van der Waals surface area contributed by atoms with Crippen molar-refractivity contribution < 1.29 is 22.8 Å². The molecule has 5 rings (SSSR count). The summed E-state index contributed by atoms with van der Waals surface area (Å²) >= 11 is 12.7. The van der Waals surface area contributed by atoms with E-state index in [4.69, 9.17) is 23.2 Å². The van der Waals surface area contributed by atoms with Crippen LogP contribution in [-0.4, -0.2) is 53.2 Å². The number of benzene rings is 2. The minimum Gasteiger partial charge on any atom is -0.324 e. The summed E-state index contributed by atoms with van der Waals surface area (Å²) in [5, 5.41) is 3.15. The van der Waals surface area contributed by atoms with Crippen molar-refractivity contribution in [2.24, 2.45) is 0 Å². The molecule has 2 amide bonds. The number of sulfone groups is 1. The van der Waals surface area contributed by atoms with Crippen molar-refractivity contribution in [3.8, 4) is 0 Å². The van der Waals surface area contributed by atoms with Crippen LogP contribution < -0.4 is 5.32 Å². The highest BCUT2D eigenvalue weighted by Gasteiger charge is 2.36. The number of pyridine rings is 2. The second-order valence-electron chi connectivity index (χ2n) is 9.84. The van der Waals surface area contributed by atoms with Crippen LogP contribution in [0.15, 0.2) is 84.0 Å². The number of halogens is 2. The van der Waals surface area contributed by atoms with E-state index >= 15 is 0 Å². The van der Waals surface area contributed by atoms with Crippen molar-refractivity contribution in [2.45, 2.75) is 30.3 Å². The first-order valence-electron chi connectivity index (χ1n) is 12.8. The fourth-order valence-corrected chi connectivity index (χ4v) is 5.75. The molecule has 0 radical (unpaired) electrons. The number of Topliss-reactive ketones (excluding diaryl/α,β-unsaturated/α-hetero) is 1. The summed E-state index contributed by atoms with van der Waals surface area (Å²) < 4.78 is 23.3. The molecule has 214 valence electrons. The van der Waals surface area contributed by atoms with Gasteiger partial charge in [-0.3, -0.25) is 19.4 Å². The van der Waals surface area contributed by atoms with E-state index < -0.39 is 21.8 Å². The first-order valence-corrected chi connectivity index (χ1v) is 15.4. The zero-order chi connectivity index (χ0) is 30.0. The predicted molar refractivity (Wildman–Crippen MR) is 159 cm³/mol. The smallest absolute Gasteiger partial charge is 0.258 e.